The van der Waals surface area contributed by atoms with Gasteiger partial charge in [0.15, 0.2) is 11.6 Å². The predicted molar refractivity (Wildman–Crippen MR) is 574 cm³/mol. The van der Waals surface area contributed by atoms with Gasteiger partial charge >= 0.3 is 28.8 Å². The molecule has 0 spiro atoms. The molecule has 8 aromatic rings. The number of carbonyl (C=O) groups is 13. The number of Topliss-reactive ketones (excluding diaryl/α,β-unsaturated/α-hetero) is 4. The Kier molecular flexibility index (Phi) is 57.7. The molecule has 0 heterocycles. The average molecular weight is 2040 g/mol. The molecule has 8 rings (SSSR count). The maximum Gasteiger partial charge on any atom is 0.409 e. The van der Waals surface area contributed by atoms with Crippen LogP contribution in [0.5, 0.6) is 23.0 Å². The largest absolute Gasteiger partial charge is 0.508 e. The standard InChI is InChI=1S/C42H60N2O9.C25H45N3O7.2C17H17ClO2.C16H18O/c1-9-11-13-15-33(26-37(47)52-34-22-20-32(21-23-34)31-18-16-30(17-19-31)14-12-10-2)40(49)44-38(29(5)53-42(6,7)8)36(46)24-27(3)39(48)43-35(41(50)51)25-28(4)45;1-9-10-11-12-18(26)23(32)28-21(17(4)35-25(5,6)7)20(30)13-15(2)22(31)27-19(14-16(3)29)24(33)34-8;2*1-2-3-4-13-5-7-14(8-6-13)15-9-11-16(12-10-15)20-17(18)19;1-2-3-4-13-5-7-14(8-6-13)15-9-11-16(17)12-10-15/h16-23,27,29,33,35,38H,9-15,24-26H2,1-8H3,(H,43,48)(H,44,49)(H,50,51);15,17-19,21H,9-14,26H2,1-8H3,(H,27,31)(H,28,32);2*5-12H,2-4H2,1H3;5-12,17H,2-4H2,1H3/t27-,29?,33-,35+,38+;15-,17?,18+,19+,21+;;;/m11.../s1. The fraction of sp³-hybridized carbons (Fsp3) is 0.479. The number of unbranched alkanes of at least 4 members (excludes halogenated alkanes) is 8. The lowest BCUT2D eigenvalue weighted by Crippen LogP contribution is -2.55. The van der Waals surface area contributed by atoms with Crippen LogP contribution in [0, 0.1) is 17.8 Å². The number of nitrogens with one attached hydrogen (secondary N) is 4. The molecule has 8 N–H and O–H groups in total. The minimum Gasteiger partial charge on any atom is -0.508 e. The number of esters is 2. The van der Waals surface area contributed by atoms with Crippen molar-refractivity contribution in [2.75, 3.05) is 7.11 Å². The molecule has 145 heavy (non-hydrogen) atoms. The maximum absolute atomic E-state index is 13.8. The zero-order valence-corrected chi connectivity index (χ0v) is 89.9. The Bertz CT molecular complexity index is 5190. The molecule has 0 fully saturated rings. The summed E-state index contributed by atoms with van der Waals surface area (Å²) in [6.07, 6.45) is 17.3. The Labute approximate surface area is 869 Å². The van der Waals surface area contributed by atoms with E-state index in [-0.39, 0.29) is 31.5 Å². The molecule has 0 aliphatic heterocycles. The molecule has 0 saturated carbocycles. The van der Waals surface area contributed by atoms with E-state index in [1.54, 1.807) is 62.4 Å². The van der Waals surface area contributed by atoms with Crippen LogP contribution >= 0.6 is 23.2 Å². The number of ether oxygens (including phenoxy) is 6. The van der Waals surface area contributed by atoms with Crippen LogP contribution in [0.2, 0.25) is 0 Å². The average Bonchev–Trinajstić information content (AvgIpc) is 0.857. The van der Waals surface area contributed by atoms with Gasteiger partial charge in [0.1, 0.15) is 58.7 Å². The summed E-state index contributed by atoms with van der Waals surface area (Å²) in [6.45, 7) is 32.6. The first-order valence-corrected chi connectivity index (χ1v) is 51.6. The van der Waals surface area contributed by atoms with Crippen LogP contribution < -0.4 is 41.2 Å². The van der Waals surface area contributed by atoms with Crippen molar-refractivity contribution in [1.29, 1.82) is 0 Å². The third-order valence-corrected chi connectivity index (χ3v) is 23.6. The summed E-state index contributed by atoms with van der Waals surface area (Å²) in [7, 11) is 1.16. The zero-order valence-electron chi connectivity index (χ0n) is 88.4. The van der Waals surface area contributed by atoms with E-state index < -0.39 is 148 Å². The molecule has 0 radical (unpaired) electrons. The maximum atomic E-state index is 13.8. The van der Waals surface area contributed by atoms with Crippen LogP contribution in [-0.2, 0) is 92.6 Å². The van der Waals surface area contributed by atoms with Gasteiger partial charge in [-0.05, 0) is 249 Å². The number of aryl methyl sites for hydroxylation is 4. The minimum absolute atomic E-state index is 0.211. The Balaban J connectivity index is 0.000000406. The second-order valence-corrected chi connectivity index (χ2v) is 39.4. The Hall–Kier alpha value is -12.1. The number of methoxy groups -OCH3 is 1. The second kappa shape index (κ2) is 66.9. The number of ketones is 4. The molecule has 0 saturated heterocycles. The van der Waals surface area contributed by atoms with Gasteiger partial charge < -0.3 is 65.6 Å². The molecule has 0 aliphatic carbocycles. The van der Waals surface area contributed by atoms with Gasteiger partial charge in [-0.3, -0.25) is 43.2 Å². The number of benzene rings is 8. The Morgan fingerprint density at radius 2 is 0.634 bits per heavy atom. The van der Waals surface area contributed by atoms with Crippen LogP contribution in [-0.4, -0.2) is 146 Å². The lowest BCUT2D eigenvalue weighted by Gasteiger charge is -2.32. The van der Waals surface area contributed by atoms with Crippen molar-refractivity contribution < 1.29 is 101 Å². The van der Waals surface area contributed by atoms with Crippen molar-refractivity contribution in [3.63, 3.8) is 0 Å². The third kappa shape index (κ3) is 50.5. The first-order valence-electron chi connectivity index (χ1n) is 50.8. The fourth-order valence-electron chi connectivity index (χ4n) is 15.5. The number of halogens is 2. The van der Waals surface area contributed by atoms with Crippen LogP contribution in [0.25, 0.3) is 44.5 Å². The Morgan fingerprint density at radius 3 is 0.924 bits per heavy atom. The van der Waals surface area contributed by atoms with E-state index in [0.29, 0.717) is 42.3 Å². The summed E-state index contributed by atoms with van der Waals surface area (Å²) in [5.41, 5.74) is 17.4. The number of phenols is 1. The number of nitrogens with two attached hydrogens (primary N) is 1. The quantitative estimate of drug-likeness (QED) is 0.00805. The van der Waals surface area contributed by atoms with Gasteiger partial charge in [0.05, 0.1) is 43.0 Å². The van der Waals surface area contributed by atoms with Gasteiger partial charge in [0, 0.05) is 66.6 Å². The monoisotopic (exact) mass is 2040 g/mol. The minimum atomic E-state index is -1.43. The third-order valence-electron chi connectivity index (χ3n) is 23.5. The number of carboxylic acid groups (broad SMARTS) is 1. The number of aliphatic carboxylic acids is 1. The summed E-state index contributed by atoms with van der Waals surface area (Å²) in [4.78, 5) is 160. The number of aromatic hydroxyl groups is 1. The van der Waals surface area contributed by atoms with E-state index >= 15 is 0 Å². The lowest BCUT2D eigenvalue weighted by molar-refractivity contribution is -0.147. The van der Waals surface area contributed by atoms with Crippen LogP contribution in [0.1, 0.15) is 282 Å². The van der Waals surface area contributed by atoms with Crippen LogP contribution in [0.3, 0.4) is 0 Å². The van der Waals surface area contributed by atoms with Gasteiger partial charge in [-0.1, -0.05) is 265 Å². The zero-order chi connectivity index (χ0) is 108. The summed E-state index contributed by atoms with van der Waals surface area (Å²) in [5, 5.41) is 29.0. The molecule has 28 heteroatoms. The van der Waals surface area contributed by atoms with E-state index in [9.17, 15) is 72.5 Å². The number of hydrogen-bond acceptors (Lipinski definition) is 21. The molecule has 2 unspecified atom stereocenters. The van der Waals surface area contributed by atoms with Crippen molar-refractivity contribution in [3.8, 4) is 67.5 Å². The van der Waals surface area contributed by atoms with E-state index in [2.05, 4.69) is 158 Å². The molecule has 26 nitrogen and oxygen atoms in total. The molecule has 10 atom stereocenters. The lowest BCUT2D eigenvalue weighted by atomic mass is 9.93. The highest BCUT2D eigenvalue weighted by Gasteiger charge is 2.38. The topological polar surface area (TPSA) is 392 Å². The van der Waals surface area contributed by atoms with Crippen LogP contribution in [0.15, 0.2) is 194 Å². The molecule has 0 bridgehead atoms. The number of carbonyl (C=O) groups excluding carboxylic acids is 12. The summed E-state index contributed by atoms with van der Waals surface area (Å²) in [6, 6.07) is 57.9. The smallest absolute Gasteiger partial charge is 0.409 e. The summed E-state index contributed by atoms with van der Waals surface area (Å²) in [5.74, 6) is -7.58. The molecule has 4 amide bonds. The van der Waals surface area contributed by atoms with Crippen molar-refractivity contribution in [2.45, 2.75) is 339 Å². The normalized spacial score (nSPS) is 13.1. The summed E-state index contributed by atoms with van der Waals surface area (Å²) < 4.78 is 31.9. The molecule has 0 aliphatic rings. The van der Waals surface area contributed by atoms with E-state index in [4.69, 9.17) is 52.6 Å². The molecule has 790 valence electrons. The van der Waals surface area contributed by atoms with Gasteiger partial charge in [-0.2, -0.15) is 0 Å². The number of rotatable bonds is 53. The van der Waals surface area contributed by atoms with E-state index in [1.165, 1.54) is 94.0 Å². The molecule has 8 aromatic carbocycles. The van der Waals surface area contributed by atoms with Gasteiger partial charge in [-0.25, -0.2) is 19.2 Å². The van der Waals surface area contributed by atoms with Crippen molar-refractivity contribution >= 4 is 98.7 Å². The highest BCUT2D eigenvalue weighted by Crippen LogP contribution is 2.31. The second-order valence-electron chi connectivity index (χ2n) is 38.8. The SMILES string of the molecule is CCCCC[C@H](CC(=O)Oc1ccc(-c2ccc(CCCC)cc2)cc1)C(=O)N[C@H](C(=O)C[C@@H](C)C(=O)N[C@@H](CC(C)=O)C(=O)O)C(C)OC(C)(C)C.CCCCC[C@H](N)C(=O)N[C@H](C(=O)C[C@@H](C)C(=O)N[C@@H](CC(C)=O)C(=O)OC)C(C)OC(C)(C)C.CCCCc1ccc(-c2ccc(O)cc2)cc1.CCCCc1ccc(-c2ccc(OC(=O)Cl)cc2)cc1.CCCCc1ccc(-c2ccc(OC(=O)Cl)cc2)cc1. The predicted octanol–water partition coefficient (Wildman–Crippen LogP) is 24.1. The van der Waals surface area contributed by atoms with Crippen LogP contribution in [0.4, 0.5) is 9.59 Å². The number of carboxylic acids is 1. The number of phenolic OH excluding ortho intramolecular Hbond substituents is 1. The Morgan fingerprint density at radius 1 is 0.352 bits per heavy atom. The van der Waals surface area contributed by atoms with Gasteiger partial charge in [-0.15, -0.1) is 0 Å². The summed E-state index contributed by atoms with van der Waals surface area (Å²) >= 11 is 10.3. The number of amides is 4. The molecular weight excluding hydrogens is 1880 g/mol. The first kappa shape index (κ1) is 125. The van der Waals surface area contributed by atoms with Gasteiger partial charge in [0.25, 0.3) is 0 Å². The molecular formula is C117H157Cl2N5O21. The first-order chi connectivity index (χ1) is 68.7. The fourth-order valence-corrected chi connectivity index (χ4v) is 15.7. The number of hydrogen-bond donors (Lipinski definition) is 7. The van der Waals surface area contributed by atoms with Gasteiger partial charge in [0.2, 0.25) is 23.6 Å². The van der Waals surface area contributed by atoms with Crippen molar-refractivity contribution in [1.82, 2.24) is 21.3 Å². The van der Waals surface area contributed by atoms with Crippen molar-refractivity contribution in [2.24, 2.45) is 23.5 Å². The molecule has 0 aromatic heterocycles. The highest BCUT2D eigenvalue weighted by molar-refractivity contribution is 6.61. The van der Waals surface area contributed by atoms with Crippen molar-refractivity contribution in [3.05, 3.63) is 216 Å². The van der Waals surface area contributed by atoms with E-state index in [1.807, 2.05) is 97.0 Å². The highest BCUT2D eigenvalue weighted by atomic mass is 35.5. The van der Waals surface area contributed by atoms with E-state index in [0.717, 1.165) is 117 Å².